The molecule has 0 bridgehead atoms. The van der Waals surface area contributed by atoms with E-state index in [0.29, 0.717) is 21.6 Å². The van der Waals surface area contributed by atoms with E-state index in [4.69, 9.17) is 34.0 Å². The van der Waals surface area contributed by atoms with E-state index < -0.39 is 12.0 Å². The van der Waals surface area contributed by atoms with Gasteiger partial charge in [-0.2, -0.15) is 11.8 Å². The fourth-order valence-electron chi connectivity index (χ4n) is 1.03. The second-order valence-electron chi connectivity index (χ2n) is 3.16. The summed E-state index contributed by atoms with van der Waals surface area (Å²) in [7, 11) is 0. The van der Waals surface area contributed by atoms with Gasteiger partial charge in [-0.15, -0.1) is 0 Å². The Morgan fingerprint density at radius 2 is 2.00 bits per heavy atom. The minimum Gasteiger partial charge on any atom is -0.480 e. The zero-order valence-electron chi connectivity index (χ0n) is 8.32. The van der Waals surface area contributed by atoms with Crippen LogP contribution in [0.15, 0.2) is 18.2 Å². The predicted molar refractivity (Wildman–Crippen MR) is 68.2 cm³/mol. The molecular weight excluding hydrogens is 269 g/mol. The number of halogens is 2. The van der Waals surface area contributed by atoms with Crippen molar-refractivity contribution in [3.05, 3.63) is 33.8 Å². The fraction of sp³-hybridized carbons (Fsp3) is 0.300. The Labute approximate surface area is 108 Å². The molecule has 88 valence electrons. The molecule has 0 fully saturated rings. The van der Waals surface area contributed by atoms with Crippen molar-refractivity contribution in [2.24, 2.45) is 5.73 Å². The molecule has 16 heavy (non-hydrogen) atoms. The molecule has 1 aromatic carbocycles. The lowest BCUT2D eigenvalue weighted by Crippen LogP contribution is -2.32. The molecular formula is C10H11Cl2NO2S. The topological polar surface area (TPSA) is 63.3 Å². The summed E-state index contributed by atoms with van der Waals surface area (Å²) < 4.78 is 0. The first-order chi connectivity index (χ1) is 7.52. The van der Waals surface area contributed by atoms with Crippen LogP contribution in [-0.2, 0) is 10.5 Å². The second kappa shape index (κ2) is 6.35. The van der Waals surface area contributed by atoms with Gasteiger partial charge in [-0.1, -0.05) is 29.3 Å². The highest BCUT2D eigenvalue weighted by Gasteiger charge is 2.12. The van der Waals surface area contributed by atoms with Gasteiger partial charge in [-0.25, -0.2) is 0 Å². The molecule has 3 nitrogen and oxygen atoms in total. The van der Waals surface area contributed by atoms with Crippen molar-refractivity contribution in [1.82, 2.24) is 0 Å². The van der Waals surface area contributed by atoms with Crippen molar-refractivity contribution in [3.8, 4) is 0 Å². The number of rotatable bonds is 5. The van der Waals surface area contributed by atoms with Crippen molar-refractivity contribution in [1.29, 1.82) is 0 Å². The van der Waals surface area contributed by atoms with Gasteiger partial charge < -0.3 is 10.8 Å². The average molecular weight is 280 g/mol. The van der Waals surface area contributed by atoms with Gasteiger partial charge in [0.15, 0.2) is 0 Å². The molecule has 3 N–H and O–H groups in total. The van der Waals surface area contributed by atoms with Crippen LogP contribution >= 0.6 is 35.0 Å². The molecule has 0 heterocycles. The van der Waals surface area contributed by atoms with E-state index in [2.05, 4.69) is 0 Å². The maximum atomic E-state index is 10.5. The van der Waals surface area contributed by atoms with Gasteiger partial charge in [0, 0.05) is 21.6 Å². The Morgan fingerprint density at radius 1 is 1.44 bits per heavy atom. The Kier molecular flexibility index (Phi) is 5.41. The summed E-state index contributed by atoms with van der Waals surface area (Å²) in [5.41, 5.74) is 6.18. The van der Waals surface area contributed by atoms with Crippen LogP contribution in [0, 0.1) is 0 Å². The van der Waals surface area contributed by atoms with E-state index in [0.717, 1.165) is 5.56 Å². The van der Waals surface area contributed by atoms with E-state index in [1.165, 1.54) is 11.8 Å². The predicted octanol–water partition coefficient (Wildman–Crippen LogP) is 2.64. The zero-order chi connectivity index (χ0) is 12.1. The lowest BCUT2D eigenvalue weighted by atomic mass is 10.2. The monoisotopic (exact) mass is 279 g/mol. The van der Waals surface area contributed by atoms with Gasteiger partial charge in [0.1, 0.15) is 6.04 Å². The van der Waals surface area contributed by atoms with E-state index in [1.807, 2.05) is 0 Å². The van der Waals surface area contributed by atoms with Crippen LogP contribution in [0.4, 0.5) is 0 Å². The van der Waals surface area contributed by atoms with Crippen molar-refractivity contribution in [2.75, 3.05) is 5.75 Å². The zero-order valence-corrected chi connectivity index (χ0v) is 10.6. The van der Waals surface area contributed by atoms with Crippen LogP contribution < -0.4 is 5.73 Å². The number of thioether (sulfide) groups is 1. The Balaban J connectivity index is 2.52. The van der Waals surface area contributed by atoms with E-state index in [1.54, 1.807) is 18.2 Å². The third kappa shape index (κ3) is 3.87. The van der Waals surface area contributed by atoms with Crippen LogP contribution in [-0.4, -0.2) is 22.9 Å². The van der Waals surface area contributed by atoms with E-state index in [-0.39, 0.29) is 0 Å². The molecule has 0 aromatic heterocycles. The van der Waals surface area contributed by atoms with Gasteiger partial charge in [-0.3, -0.25) is 4.79 Å². The first kappa shape index (κ1) is 13.6. The maximum absolute atomic E-state index is 10.5. The number of carboxylic acid groups (broad SMARTS) is 1. The standard InChI is InChI=1S/C10H11Cl2NO2S/c11-7-2-1-3-8(12)6(7)4-16-5-9(13)10(14)15/h1-3,9H,4-5,13H2,(H,14,15). The lowest BCUT2D eigenvalue weighted by molar-refractivity contribution is -0.137. The molecule has 0 saturated carbocycles. The summed E-state index contributed by atoms with van der Waals surface area (Å²) >= 11 is 13.3. The maximum Gasteiger partial charge on any atom is 0.321 e. The van der Waals surface area contributed by atoms with Crippen LogP contribution in [0.2, 0.25) is 10.0 Å². The third-order valence-electron chi connectivity index (χ3n) is 1.92. The lowest BCUT2D eigenvalue weighted by Gasteiger charge is -2.08. The van der Waals surface area contributed by atoms with E-state index in [9.17, 15) is 4.79 Å². The van der Waals surface area contributed by atoms with Crippen LogP contribution in [0.25, 0.3) is 0 Å². The van der Waals surface area contributed by atoms with Gasteiger partial charge >= 0.3 is 5.97 Å². The van der Waals surface area contributed by atoms with Crippen LogP contribution in [0.5, 0.6) is 0 Å². The number of benzene rings is 1. The SMILES string of the molecule is NC(CSCc1c(Cl)cccc1Cl)C(=O)O. The molecule has 1 aromatic rings. The van der Waals surface area contributed by atoms with Crippen molar-refractivity contribution in [3.63, 3.8) is 0 Å². The normalized spacial score (nSPS) is 12.4. The minimum atomic E-state index is -1.00. The van der Waals surface area contributed by atoms with Gasteiger partial charge in [0.25, 0.3) is 0 Å². The average Bonchev–Trinajstić information content (AvgIpc) is 2.22. The number of carboxylic acids is 1. The molecule has 0 aliphatic carbocycles. The molecule has 0 aliphatic rings. The fourth-order valence-corrected chi connectivity index (χ4v) is 2.75. The number of aliphatic carboxylic acids is 1. The Morgan fingerprint density at radius 3 is 2.50 bits per heavy atom. The quantitative estimate of drug-likeness (QED) is 0.870. The third-order valence-corrected chi connectivity index (χ3v) is 3.72. The summed E-state index contributed by atoms with van der Waals surface area (Å²) in [5.74, 6) is -0.117. The van der Waals surface area contributed by atoms with Gasteiger partial charge in [0.05, 0.1) is 0 Å². The summed E-state index contributed by atoms with van der Waals surface area (Å²) in [5, 5.41) is 9.77. The van der Waals surface area contributed by atoms with Crippen molar-refractivity contribution in [2.45, 2.75) is 11.8 Å². The van der Waals surface area contributed by atoms with Crippen molar-refractivity contribution < 1.29 is 9.90 Å². The molecule has 6 heteroatoms. The number of hydrogen-bond donors (Lipinski definition) is 2. The first-order valence-electron chi connectivity index (χ1n) is 4.51. The molecule has 0 saturated heterocycles. The summed E-state index contributed by atoms with van der Waals surface area (Å²) in [4.78, 5) is 10.5. The largest absolute Gasteiger partial charge is 0.480 e. The molecule has 1 unspecified atom stereocenters. The molecule has 1 rings (SSSR count). The highest BCUT2D eigenvalue weighted by molar-refractivity contribution is 7.98. The number of hydrogen-bond acceptors (Lipinski definition) is 3. The Bertz CT molecular complexity index is 367. The Hall–Kier alpha value is -0.420. The molecule has 1 atom stereocenters. The number of nitrogens with two attached hydrogens (primary N) is 1. The second-order valence-corrected chi connectivity index (χ2v) is 5.00. The van der Waals surface area contributed by atoms with Crippen LogP contribution in [0.3, 0.4) is 0 Å². The molecule has 0 aliphatic heterocycles. The molecule has 0 amide bonds. The summed E-state index contributed by atoms with van der Waals surface area (Å²) in [6, 6.07) is 4.41. The van der Waals surface area contributed by atoms with E-state index >= 15 is 0 Å². The number of carbonyl (C=O) groups is 1. The smallest absolute Gasteiger partial charge is 0.321 e. The van der Waals surface area contributed by atoms with Crippen LogP contribution in [0.1, 0.15) is 5.56 Å². The molecule has 0 spiro atoms. The summed E-state index contributed by atoms with van der Waals surface area (Å²) in [6.45, 7) is 0. The minimum absolute atomic E-state index is 0.330. The summed E-state index contributed by atoms with van der Waals surface area (Å²) in [6.07, 6.45) is 0. The highest BCUT2D eigenvalue weighted by atomic mass is 35.5. The first-order valence-corrected chi connectivity index (χ1v) is 6.42. The highest BCUT2D eigenvalue weighted by Crippen LogP contribution is 2.28. The van der Waals surface area contributed by atoms with Crippen molar-refractivity contribution >= 4 is 40.9 Å². The molecule has 0 radical (unpaired) electrons. The van der Waals surface area contributed by atoms with Gasteiger partial charge in [0.2, 0.25) is 0 Å². The van der Waals surface area contributed by atoms with Gasteiger partial charge in [-0.05, 0) is 17.7 Å².